The third kappa shape index (κ3) is 12.6. The Bertz CT molecular complexity index is 3420. The molecule has 4 aliphatic rings. The predicted octanol–water partition coefficient (Wildman–Crippen LogP) is 9.13. The predicted molar refractivity (Wildman–Crippen MR) is 311 cm³/mol. The number of carbonyl (C=O) groups is 8. The number of nitrogens with one attached hydrogen (secondary N) is 1. The van der Waals surface area contributed by atoms with Crippen LogP contribution in [0.5, 0.6) is 0 Å². The maximum absolute atomic E-state index is 16.4. The molecule has 450 valence electrons. The van der Waals surface area contributed by atoms with Crippen molar-refractivity contribution < 1.29 is 86.5 Å². The molecule has 86 heavy (non-hydrogen) atoms. The minimum absolute atomic E-state index is 0.0115. The molecule has 3 aliphatic carbocycles. The highest BCUT2D eigenvalue weighted by Gasteiger charge is 2.79. The summed E-state index contributed by atoms with van der Waals surface area (Å²) in [4.78, 5) is 114. The first kappa shape index (κ1) is 62.5. The Kier molecular flexibility index (Phi) is 18.8. The van der Waals surface area contributed by atoms with E-state index in [4.69, 9.17) is 37.9 Å². The molecule has 1 amide bonds. The standard InChI is InChI=1S/C65H65NO18S2/c1-8-50(69)77-34-40-24-28-45(29-25-40)85-86-46-30-26-41(27-31-46)35-78-61(75)82-48-32-49-64(36-79-49,84-39(4)68)55-57(83-59(73)44-22-16-11-17-23-44)65(76)33-47(37(2)51(62(65,5)6)54(80-38(3)67)56(71)63(48,55)7)81-60(74)53(70)52(42-18-12-9-13-19-42)66-58(72)43-20-14-10-15-21-43/h8-31,47-49,52-55,57,70,76H,1,32-36H2,2-7H3,(H,66,72)/t47-,48-,49+,52-,53+,54+,55?,57-,63+,64-,65+/m0/s1. The molecule has 0 spiro atoms. The van der Waals surface area contributed by atoms with Crippen LogP contribution in [0.15, 0.2) is 173 Å². The quantitative estimate of drug-likeness (QED) is 0.0229. The highest BCUT2D eigenvalue weighted by atomic mass is 33.1. The lowest BCUT2D eigenvalue weighted by Crippen LogP contribution is -2.82. The van der Waals surface area contributed by atoms with Crippen LogP contribution >= 0.6 is 21.6 Å². The number of Topliss-reactive ketones (excluding diaryl/α,β-unsaturated/α-hetero) is 1. The summed E-state index contributed by atoms with van der Waals surface area (Å²) >= 11 is 0. The van der Waals surface area contributed by atoms with Crippen LogP contribution in [0.1, 0.15) is 97.8 Å². The van der Waals surface area contributed by atoms with Gasteiger partial charge in [-0.3, -0.25) is 19.2 Å². The molecule has 5 aromatic carbocycles. The number of esters is 5. The monoisotopic (exact) mass is 1210 g/mol. The Balaban J connectivity index is 1.06. The summed E-state index contributed by atoms with van der Waals surface area (Å²) in [6.45, 7) is 11.0. The average molecular weight is 1210 g/mol. The third-order valence-electron chi connectivity index (χ3n) is 16.7. The van der Waals surface area contributed by atoms with Gasteiger partial charge in [-0.05, 0) is 90.2 Å². The number of hydrogen-bond donors (Lipinski definition) is 3. The van der Waals surface area contributed by atoms with Crippen LogP contribution in [0, 0.1) is 16.7 Å². The second-order valence-corrected chi connectivity index (χ2v) is 24.5. The van der Waals surface area contributed by atoms with Gasteiger partial charge in [-0.25, -0.2) is 19.2 Å². The first-order valence-corrected chi connectivity index (χ1v) is 29.8. The third-order valence-corrected chi connectivity index (χ3v) is 19.1. The molecule has 2 bridgehead atoms. The van der Waals surface area contributed by atoms with Gasteiger partial charge in [0.15, 0.2) is 23.6 Å². The van der Waals surface area contributed by atoms with E-state index in [0.29, 0.717) is 11.1 Å². The maximum atomic E-state index is 16.4. The van der Waals surface area contributed by atoms with Crippen LogP contribution in [-0.4, -0.2) is 112 Å². The molecule has 5 aromatic rings. The average Bonchev–Trinajstić information content (AvgIpc) is 0.681. The molecule has 1 heterocycles. The summed E-state index contributed by atoms with van der Waals surface area (Å²) < 4.78 is 48.3. The molecule has 0 radical (unpaired) electrons. The second-order valence-electron chi connectivity index (χ2n) is 22.2. The smallest absolute Gasteiger partial charge is 0.458 e. The van der Waals surface area contributed by atoms with Crippen molar-refractivity contribution >= 4 is 69.3 Å². The zero-order chi connectivity index (χ0) is 61.7. The lowest BCUT2D eigenvalue weighted by atomic mass is 9.44. The van der Waals surface area contributed by atoms with Gasteiger partial charge in [0.1, 0.15) is 43.2 Å². The van der Waals surface area contributed by atoms with Crippen molar-refractivity contribution in [3.05, 3.63) is 191 Å². The SMILES string of the molecule is C=CC(=O)OCc1ccc(SSc2ccc(COC(=O)O[C@H]3C[C@H]4OC[C@@]4(OC(C)=O)C4[C@H](OC(=O)c5ccccc5)[C@]5(O)C[C@H](OC(=O)[C@H](O)[C@@H](NC(=O)c6ccccc6)c6ccccc6)C(C)=C([C@@H](OC(C)=O)C(=O)[C@@]43C)C5(C)C)cc2)cc1. The molecule has 3 fully saturated rings. The molecule has 3 N–H and O–H groups in total. The highest BCUT2D eigenvalue weighted by Crippen LogP contribution is 2.65. The number of ketones is 1. The number of hydrogen-bond acceptors (Lipinski definition) is 20. The van der Waals surface area contributed by atoms with E-state index in [1.54, 1.807) is 91.0 Å². The molecule has 1 unspecified atom stereocenters. The minimum Gasteiger partial charge on any atom is -0.458 e. The van der Waals surface area contributed by atoms with Crippen molar-refractivity contribution in [1.82, 2.24) is 5.32 Å². The summed E-state index contributed by atoms with van der Waals surface area (Å²) in [5.41, 5.74) is -6.50. The van der Waals surface area contributed by atoms with Gasteiger partial charge >= 0.3 is 36.0 Å². The van der Waals surface area contributed by atoms with Crippen molar-refractivity contribution in [3.8, 4) is 0 Å². The summed E-state index contributed by atoms with van der Waals surface area (Å²) in [5, 5.41) is 28.9. The molecule has 1 saturated heterocycles. The molecule has 19 nitrogen and oxygen atoms in total. The Hall–Kier alpha value is -8.08. The van der Waals surface area contributed by atoms with E-state index in [2.05, 4.69) is 11.9 Å². The lowest BCUT2D eigenvalue weighted by Gasteiger charge is -2.67. The number of benzene rings is 5. The number of ether oxygens (including phenoxy) is 8. The topological polar surface area (TPSA) is 263 Å². The van der Waals surface area contributed by atoms with Gasteiger partial charge in [0.2, 0.25) is 0 Å². The molecule has 0 aromatic heterocycles. The summed E-state index contributed by atoms with van der Waals surface area (Å²) in [7, 11) is 2.98. The second kappa shape index (κ2) is 25.9. The van der Waals surface area contributed by atoms with Crippen molar-refractivity contribution in [2.75, 3.05) is 6.61 Å². The van der Waals surface area contributed by atoms with E-state index in [0.717, 1.165) is 35.3 Å². The Labute approximate surface area is 504 Å². The number of carbonyl (C=O) groups excluding carboxylic acids is 8. The van der Waals surface area contributed by atoms with Crippen LogP contribution in [-0.2, 0) is 75.1 Å². The molecule has 11 atom stereocenters. The minimum atomic E-state index is -2.53. The van der Waals surface area contributed by atoms with Gasteiger partial charge in [0.25, 0.3) is 5.91 Å². The van der Waals surface area contributed by atoms with Crippen LogP contribution in [0.3, 0.4) is 0 Å². The summed E-state index contributed by atoms with van der Waals surface area (Å²) in [6.07, 6.45) is -11.5. The van der Waals surface area contributed by atoms with Gasteiger partial charge in [0.05, 0.1) is 29.5 Å². The highest BCUT2D eigenvalue weighted by molar-refractivity contribution is 8.76. The number of amides is 1. The van der Waals surface area contributed by atoms with Crippen LogP contribution in [0.2, 0.25) is 0 Å². The number of rotatable bonds is 19. The van der Waals surface area contributed by atoms with Crippen molar-refractivity contribution in [1.29, 1.82) is 0 Å². The zero-order valence-electron chi connectivity index (χ0n) is 48.0. The number of aliphatic hydroxyl groups is 2. The van der Waals surface area contributed by atoms with E-state index in [1.807, 2.05) is 36.4 Å². The van der Waals surface area contributed by atoms with Crippen LogP contribution < -0.4 is 5.32 Å². The van der Waals surface area contributed by atoms with Gasteiger partial charge in [-0.15, -0.1) is 0 Å². The molecule has 9 rings (SSSR count). The van der Waals surface area contributed by atoms with Crippen molar-refractivity contribution in [2.45, 2.75) is 131 Å². The van der Waals surface area contributed by atoms with E-state index >= 15 is 4.79 Å². The fraction of sp³-hybridized carbons (Fsp3) is 0.354. The van der Waals surface area contributed by atoms with Crippen molar-refractivity contribution in [2.24, 2.45) is 16.7 Å². The molecular formula is C65H65NO18S2. The van der Waals surface area contributed by atoms with E-state index in [1.165, 1.54) is 61.4 Å². The van der Waals surface area contributed by atoms with Gasteiger partial charge in [-0.1, -0.05) is 133 Å². The van der Waals surface area contributed by atoms with Crippen LogP contribution in [0.25, 0.3) is 0 Å². The van der Waals surface area contributed by atoms with E-state index < -0.39 is 131 Å². The fourth-order valence-electron chi connectivity index (χ4n) is 12.2. The zero-order valence-corrected chi connectivity index (χ0v) is 49.6. The summed E-state index contributed by atoms with van der Waals surface area (Å²) in [5.74, 6) is -7.87. The summed E-state index contributed by atoms with van der Waals surface area (Å²) in [6, 6.07) is 37.4. The van der Waals surface area contributed by atoms with Gasteiger partial charge < -0.3 is 53.4 Å². The van der Waals surface area contributed by atoms with Gasteiger partial charge in [-0.2, -0.15) is 0 Å². The Morgan fingerprint density at radius 2 is 1.29 bits per heavy atom. The molecule has 2 saturated carbocycles. The van der Waals surface area contributed by atoms with E-state index in [9.17, 15) is 43.8 Å². The first-order chi connectivity index (χ1) is 41.0. The van der Waals surface area contributed by atoms with E-state index in [-0.39, 0.29) is 41.9 Å². The Morgan fingerprint density at radius 3 is 1.83 bits per heavy atom. The maximum Gasteiger partial charge on any atom is 0.508 e. The van der Waals surface area contributed by atoms with Gasteiger partial charge in [0, 0.05) is 53.5 Å². The Morgan fingerprint density at radius 1 is 0.733 bits per heavy atom. The fourth-order valence-corrected chi connectivity index (χ4v) is 14.1. The molecule has 1 aliphatic heterocycles. The normalized spacial score (nSPS) is 25.9. The molecule has 21 heteroatoms. The number of fused-ring (bicyclic) bond motifs is 5. The van der Waals surface area contributed by atoms with Crippen molar-refractivity contribution in [3.63, 3.8) is 0 Å². The van der Waals surface area contributed by atoms with Crippen LogP contribution in [0.4, 0.5) is 4.79 Å². The lowest BCUT2D eigenvalue weighted by molar-refractivity contribution is -0.346. The largest absolute Gasteiger partial charge is 0.508 e. The first-order valence-electron chi connectivity index (χ1n) is 27.7. The molecular weight excluding hydrogens is 1150 g/mol. The number of aliphatic hydroxyl groups excluding tert-OH is 1.